The Morgan fingerprint density at radius 1 is 1.17 bits per heavy atom. The van der Waals surface area contributed by atoms with Gasteiger partial charge in [0, 0.05) is 56.6 Å². The molecule has 2 amide bonds. The van der Waals surface area contributed by atoms with Crippen LogP contribution in [0.1, 0.15) is 65.6 Å². The fraction of sp³-hybridized carbons (Fsp3) is 0.444. The first-order valence-corrected chi connectivity index (χ1v) is 12.5. The van der Waals surface area contributed by atoms with Crippen LogP contribution in [0.15, 0.2) is 36.5 Å². The summed E-state index contributed by atoms with van der Waals surface area (Å²) in [6, 6.07) is 9.08. The molecule has 3 aromatic rings. The summed E-state index contributed by atoms with van der Waals surface area (Å²) < 4.78 is 1.97. The maximum Gasteiger partial charge on any atom is 0.248 e. The molecule has 2 N–H and O–H groups in total. The highest BCUT2D eigenvalue weighted by molar-refractivity contribution is 5.94. The van der Waals surface area contributed by atoms with Crippen LogP contribution in [0.2, 0.25) is 0 Å². The summed E-state index contributed by atoms with van der Waals surface area (Å²) in [7, 11) is 3.80. The molecule has 9 heteroatoms. The Bertz CT molecular complexity index is 1250. The lowest BCUT2D eigenvalue weighted by molar-refractivity contribution is -0.135. The van der Waals surface area contributed by atoms with Crippen molar-refractivity contribution in [2.24, 2.45) is 5.73 Å². The maximum absolute atomic E-state index is 13.5. The van der Waals surface area contributed by atoms with Crippen LogP contribution in [0, 0.1) is 13.8 Å². The van der Waals surface area contributed by atoms with Crippen LogP contribution in [0.4, 0.5) is 5.95 Å². The molecule has 0 radical (unpaired) electrons. The smallest absolute Gasteiger partial charge is 0.248 e. The van der Waals surface area contributed by atoms with Crippen LogP contribution >= 0.6 is 0 Å². The number of primary amides is 1. The van der Waals surface area contributed by atoms with Crippen molar-refractivity contribution in [2.75, 3.05) is 25.5 Å². The van der Waals surface area contributed by atoms with Crippen molar-refractivity contribution in [3.63, 3.8) is 0 Å². The molecule has 0 spiro atoms. The van der Waals surface area contributed by atoms with E-state index in [9.17, 15) is 9.59 Å². The van der Waals surface area contributed by atoms with E-state index in [1.54, 1.807) is 18.3 Å². The maximum atomic E-state index is 13.5. The lowest BCUT2D eigenvalue weighted by Gasteiger charge is -2.36. The molecule has 4 rings (SSSR count). The van der Waals surface area contributed by atoms with Gasteiger partial charge in [-0.25, -0.2) is 9.97 Å². The number of amides is 2. The molecular formula is C27H35N7O2. The van der Waals surface area contributed by atoms with Crippen LogP contribution in [0.25, 0.3) is 11.1 Å². The van der Waals surface area contributed by atoms with Gasteiger partial charge < -0.3 is 15.5 Å². The van der Waals surface area contributed by atoms with Crippen LogP contribution in [-0.2, 0) is 11.3 Å². The molecule has 190 valence electrons. The van der Waals surface area contributed by atoms with Gasteiger partial charge in [0.2, 0.25) is 17.8 Å². The quantitative estimate of drug-likeness (QED) is 0.517. The molecule has 3 heterocycles. The lowest BCUT2D eigenvalue weighted by Crippen LogP contribution is -2.39. The number of carbonyl (C=O) groups excluding carboxylic acids is 2. The molecule has 2 aromatic heterocycles. The average molecular weight is 490 g/mol. The highest BCUT2D eigenvalue weighted by Crippen LogP contribution is 2.37. The van der Waals surface area contributed by atoms with Gasteiger partial charge in [-0.2, -0.15) is 5.10 Å². The number of nitrogens with zero attached hydrogens (tertiary/aromatic N) is 6. The van der Waals surface area contributed by atoms with Gasteiger partial charge in [-0.3, -0.25) is 14.3 Å². The number of hydrogen-bond donors (Lipinski definition) is 1. The number of piperidine rings is 1. The fourth-order valence-corrected chi connectivity index (χ4v) is 4.86. The number of hydrogen-bond acceptors (Lipinski definition) is 6. The van der Waals surface area contributed by atoms with Crippen LogP contribution in [0.3, 0.4) is 0 Å². The second kappa shape index (κ2) is 10.9. The Morgan fingerprint density at radius 2 is 1.97 bits per heavy atom. The average Bonchev–Trinajstić information content (AvgIpc) is 3.20. The first-order chi connectivity index (χ1) is 17.2. The Hall–Kier alpha value is -3.75. The molecular weight excluding hydrogens is 454 g/mol. The zero-order chi connectivity index (χ0) is 25.8. The van der Waals surface area contributed by atoms with Crippen molar-refractivity contribution < 1.29 is 9.59 Å². The standard InChI is InChI=1S/C27H35N7O2/c1-18-15-19(2)34(31-18)14-8-12-24(35)33-13-6-5-11-23(33)25-22(17-29-27(30-25)32(3)4)20-9-7-10-21(16-20)26(28)36/h7,9-10,15-17,23H,5-6,8,11-14H2,1-4H3,(H2,28,36). The molecule has 1 unspecified atom stereocenters. The largest absolute Gasteiger partial charge is 0.366 e. The number of carbonyl (C=O) groups is 2. The molecule has 36 heavy (non-hydrogen) atoms. The summed E-state index contributed by atoms with van der Waals surface area (Å²) in [6.45, 7) is 5.43. The van der Waals surface area contributed by atoms with Gasteiger partial charge in [0.05, 0.1) is 17.4 Å². The van der Waals surface area contributed by atoms with E-state index in [0.717, 1.165) is 53.9 Å². The van der Waals surface area contributed by atoms with Crippen LogP contribution < -0.4 is 10.6 Å². The van der Waals surface area contributed by atoms with Gasteiger partial charge in [-0.05, 0) is 63.3 Å². The van der Waals surface area contributed by atoms with Crippen molar-refractivity contribution in [1.29, 1.82) is 0 Å². The van der Waals surface area contributed by atoms with Crippen molar-refractivity contribution in [3.05, 3.63) is 59.2 Å². The van der Waals surface area contributed by atoms with E-state index in [4.69, 9.17) is 10.7 Å². The first-order valence-electron chi connectivity index (χ1n) is 12.5. The first kappa shape index (κ1) is 25.3. The van der Waals surface area contributed by atoms with E-state index < -0.39 is 5.91 Å². The SMILES string of the molecule is Cc1cc(C)n(CCCC(=O)N2CCCCC2c2nc(N(C)C)ncc2-c2cccc(C(N)=O)c2)n1. The second-order valence-electron chi connectivity index (χ2n) is 9.66. The van der Waals surface area contributed by atoms with Crippen molar-refractivity contribution in [3.8, 4) is 11.1 Å². The number of anilines is 1. The van der Waals surface area contributed by atoms with E-state index >= 15 is 0 Å². The highest BCUT2D eigenvalue weighted by Gasteiger charge is 2.31. The monoisotopic (exact) mass is 489 g/mol. The molecule has 0 bridgehead atoms. The number of nitrogens with two attached hydrogens (primary N) is 1. The molecule has 1 aliphatic rings. The van der Waals surface area contributed by atoms with Gasteiger partial charge in [-0.1, -0.05) is 12.1 Å². The fourth-order valence-electron chi connectivity index (χ4n) is 4.86. The van der Waals surface area contributed by atoms with Crippen molar-refractivity contribution in [1.82, 2.24) is 24.6 Å². The van der Waals surface area contributed by atoms with E-state index in [2.05, 4.69) is 16.1 Å². The molecule has 1 saturated heterocycles. The van der Waals surface area contributed by atoms with E-state index in [-0.39, 0.29) is 11.9 Å². The number of aryl methyl sites for hydroxylation is 3. The Labute approximate surface area is 212 Å². The third-order valence-electron chi connectivity index (χ3n) is 6.67. The Balaban J connectivity index is 1.62. The zero-order valence-corrected chi connectivity index (χ0v) is 21.6. The topological polar surface area (TPSA) is 110 Å². The molecule has 1 atom stereocenters. The van der Waals surface area contributed by atoms with E-state index in [1.807, 2.05) is 54.6 Å². The van der Waals surface area contributed by atoms with Crippen molar-refractivity contribution in [2.45, 2.75) is 58.5 Å². The Morgan fingerprint density at radius 3 is 2.67 bits per heavy atom. The third-order valence-corrected chi connectivity index (χ3v) is 6.67. The number of rotatable bonds is 8. The van der Waals surface area contributed by atoms with Gasteiger partial charge in [-0.15, -0.1) is 0 Å². The third kappa shape index (κ3) is 5.56. The van der Waals surface area contributed by atoms with Crippen LogP contribution in [-0.4, -0.2) is 57.1 Å². The van der Waals surface area contributed by atoms with Crippen molar-refractivity contribution >= 4 is 17.8 Å². The van der Waals surface area contributed by atoms with Gasteiger partial charge >= 0.3 is 0 Å². The summed E-state index contributed by atoms with van der Waals surface area (Å²) in [4.78, 5) is 38.5. The molecule has 1 aliphatic heterocycles. The molecule has 0 aliphatic carbocycles. The molecule has 1 fully saturated rings. The minimum atomic E-state index is -0.485. The number of benzene rings is 1. The highest BCUT2D eigenvalue weighted by atomic mass is 16.2. The van der Waals surface area contributed by atoms with Gasteiger partial charge in [0.15, 0.2) is 0 Å². The Kier molecular flexibility index (Phi) is 7.67. The predicted octanol–water partition coefficient (Wildman–Crippen LogP) is 3.66. The van der Waals surface area contributed by atoms with Gasteiger partial charge in [0.1, 0.15) is 0 Å². The molecule has 9 nitrogen and oxygen atoms in total. The zero-order valence-electron chi connectivity index (χ0n) is 21.6. The summed E-state index contributed by atoms with van der Waals surface area (Å²) in [5.41, 5.74) is 10.5. The minimum absolute atomic E-state index is 0.128. The number of aromatic nitrogens is 4. The molecule has 0 saturated carbocycles. The second-order valence-corrected chi connectivity index (χ2v) is 9.66. The number of likely N-dealkylation sites (tertiary alicyclic amines) is 1. The summed E-state index contributed by atoms with van der Waals surface area (Å²) in [5.74, 6) is 0.228. The summed E-state index contributed by atoms with van der Waals surface area (Å²) in [5, 5.41) is 4.51. The summed E-state index contributed by atoms with van der Waals surface area (Å²) >= 11 is 0. The molecule has 1 aromatic carbocycles. The normalized spacial score (nSPS) is 15.7. The van der Waals surface area contributed by atoms with Crippen LogP contribution in [0.5, 0.6) is 0 Å². The minimum Gasteiger partial charge on any atom is -0.366 e. The predicted molar refractivity (Wildman–Crippen MR) is 140 cm³/mol. The lowest BCUT2D eigenvalue weighted by atomic mass is 9.93. The van der Waals surface area contributed by atoms with E-state index in [1.165, 1.54) is 0 Å². The van der Waals surface area contributed by atoms with E-state index in [0.29, 0.717) is 31.0 Å². The van der Waals surface area contributed by atoms with Gasteiger partial charge in [0.25, 0.3) is 0 Å². The summed E-state index contributed by atoms with van der Waals surface area (Å²) in [6.07, 6.45) is 5.78.